The Bertz CT molecular complexity index is 105. The second-order valence-electron chi connectivity index (χ2n) is 1.20. The Labute approximate surface area is 81.6 Å². The molecule has 1 nitrogen and oxygen atoms in total. The third-order valence-electron chi connectivity index (χ3n) is 0.586. The number of hydrogen-bond donors (Lipinski definition) is 1. The van der Waals surface area contributed by atoms with Crippen LogP contribution in [0.5, 0.6) is 0 Å². The van der Waals surface area contributed by atoms with E-state index < -0.39 is 0 Å². The first-order chi connectivity index (χ1) is 3.91. The van der Waals surface area contributed by atoms with Gasteiger partial charge in [-0.2, -0.15) is 0 Å². The van der Waals surface area contributed by atoms with Gasteiger partial charge >= 0.3 is 0 Å². The van der Waals surface area contributed by atoms with Crippen LogP contribution in [0.1, 0.15) is 6.42 Å². The van der Waals surface area contributed by atoms with E-state index in [1.54, 1.807) is 12.2 Å². The Kier molecular flexibility index (Phi) is 14.5. The first-order valence-electron chi connectivity index (χ1n) is 2.38. The van der Waals surface area contributed by atoms with Crippen molar-refractivity contribution in [1.82, 2.24) is 0 Å². The van der Waals surface area contributed by atoms with Crippen LogP contribution in [0.2, 0.25) is 0 Å². The van der Waals surface area contributed by atoms with Gasteiger partial charge in [0.25, 0.3) is 0 Å². The Morgan fingerprint density at radius 3 is 2.67 bits per heavy atom. The smallest absolute Gasteiger partial charge is 0 e. The van der Waals surface area contributed by atoms with Crippen molar-refractivity contribution in [1.29, 1.82) is 0 Å². The Morgan fingerprint density at radius 1 is 1.56 bits per heavy atom. The average Bonchev–Trinajstić information content (AvgIpc) is 1.81. The zero-order valence-corrected chi connectivity index (χ0v) is 8.09. The Balaban J connectivity index is 0. The average molecular weight is 196 g/mol. The molecule has 1 radical (unpaired) electrons. The van der Waals surface area contributed by atoms with E-state index in [-0.39, 0.29) is 32.7 Å². The van der Waals surface area contributed by atoms with E-state index in [2.05, 4.69) is 6.08 Å². The van der Waals surface area contributed by atoms with Gasteiger partial charge in [-0.3, -0.25) is 0 Å². The molecule has 0 aromatic rings. The standard InChI is InChI=1S/C7H9N.Y/c1-2-3-4-5-6-7-8;/h1-3,6-7H,5,8H2;/q-2;/b7-6+;. The molecule has 0 aromatic heterocycles. The molecular weight excluding hydrogens is 187 g/mol. The van der Waals surface area contributed by atoms with Crippen LogP contribution in [0.3, 0.4) is 0 Å². The van der Waals surface area contributed by atoms with Crippen LogP contribution in [0.15, 0.2) is 24.4 Å². The number of nitrogens with two attached hydrogens (primary N) is 1. The van der Waals surface area contributed by atoms with Crippen LogP contribution < -0.4 is 5.73 Å². The summed E-state index contributed by atoms with van der Waals surface area (Å²) in [4.78, 5) is 0. The fourth-order valence-electron chi connectivity index (χ4n) is 0.272. The largest absolute Gasteiger partial charge is 0.405 e. The molecule has 0 aliphatic heterocycles. The summed E-state index contributed by atoms with van der Waals surface area (Å²) in [7, 11) is 0. The predicted molar refractivity (Wildman–Crippen MR) is 34.6 cm³/mol. The molecule has 0 saturated carbocycles. The molecular formula is C7H9NY-2. The number of rotatable bonds is 3. The molecule has 47 valence electrons. The first kappa shape index (κ1) is 11.9. The van der Waals surface area contributed by atoms with Crippen molar-refractivity contribution in [2.24, 2.45) is 5.73 Å². The van der Waals surface area contributed by atoms with E-state index in [4.69, 9.17) is 12.3 Å². The quantitative estimate of drug-likeness (QED) is 0.532. The zero-order valence-electron chi connectivity index (χ0n) is 5.25. The zero-order chi connectivity index (χ0) is 6.24. The molecule has 0 heterocycles. The molecule has 0 atom stereocenters. The van der Waals surface area contributed by atoms with Gasteiger partial charge in [0.15, 0.2) is 0 Å². The fraction of sp³-hybridized carbons (Fsp3) is 0.143. The van der Waals surface area contributed by atoms with Gasteiger partial charge in [0.1, 0.15) is 0 Å². The van der Waals surface area contributed by atoms with Gasteiger partial charge in [-0.15, -0.1) is 6.42 Å². The molecule has 0 aliphatic rings. The summed E-state index contributed by atoms with van der Waals surface area (Å²) in [6, 6.07) is 0. The first-order valence-corrected chi connectivity index (χ1v) is 2.38. The molecule has 0 amide bonds. The van der Waals surface area contributed by atoms with E-state index in [0.717, 1.165) is 6.42 Å². The van der Waals surface area contributed by atoms with Crippen molar-refractivity contribution in [2.75, 3.05) is 0 Å². The summed E-state index contributed by atoms with van der Waals surface area (Å²) in [6.07, 6.45) is 9.95. The summed E-state index contributed by atoms with van der Waals surface area (Å²) < 4.78 is 0. The molecule has 0 aliphatic carbocycles. The molecule has 0 aromatic carbocycles. The summed E-state index contributed by atoms with van der Waals surface area (Å²) in [5.41, 5.74) is 5.03. The molecule has 2 N–H and O–H groups in total. The van der Waals surface area contributed by atoms with Gasteiger partial charge in [-0.1, -0.05) is 6.08 Å². The third kappa shape index (κ3) is 11.6. The van der Waals surface area contributed by atoms with E-state index in [9.17, 15) is 0 Å². The second kappa shape index (κ2) is 11.0. The molecule has 0 unspecified atom stereocenters. The molecule has 0 saturated heterocycles. The minimum atomic E-state index is 0. The molecule has 2 heteroatoms. The minimum Gasteiger partial charge on any atom is -0.405 e. The van der Waals surface area contributed by atoms with Gasteiger partial charge in [-0.05, 0) is 6.20 Å². The van der Waals surface area contributed by atoms with Crippen molar-refractivity contribution < 1.29 is 32.7 Å². The van der Waals surface area contributed by atoms with Crippen LogP contribution in [0.4, 0.5) is 0 Å². The topological polar surface area (TPSA) is 26.0 Å². The van der Waals surface area contributed by atoms with Crippen LogP contribution in [-0.4, -0.2) is 0 Å². The maximum absolute atomic E-state index is 5.03. The van der Waals surface area contributed by atoms with Crippen molar-refractivity contribution in [3.8, 4) is 0 Å². The van der Waals surface area contributed by atoms with Crippen molar-refractivity contribution in [3.05, 3.63) is 37.1 Å². The fourth-order valence-corrected chi connectivity index (χ4v) is 0.272. The summed E-state index contributed by atoms with van der Waals surface area (Å²) in [5, 5.41) is 0. The van der Waals surface area contributed by atoms with Crippen LogP contribution >= 0.6 is 0 Å². The van der Waals surface area contributed by atoms with Crippen molar-refractivity contribution in [3.63, 3.8) is 0 Å². The van der Waals surface area contributed by atoms with Gasteiger partial charge in [0, 0.05) is 32.7 Å². The Morgan fingerprint density at radius 2 is 2.22 bits per heavy atom. The predicted octanol–water partition coefficient (Wildman–Crippen LogP) is 1.19. The van der Waals surface area contributed by atoms with E-state index in [0.29, 0.717) is 0 Å². The van der Waals surface area contributed by atoms with Crippen molar-refractivity contribution >= 4 is 0 Å². The summed E-state index contributed by atoms with van der Waals surface area (Å²) >= 11 is 0. The van der Waals surface area contributed by atoms with Gasteiger partial charge in [0.05, 0.1) is 0 Å². The van der Waals surface area contributed by atoms with E-state index in [1.165, 1.54) is 12.3 Å². The second-order valence-corrected chi connectivity index (χ2v) is 1.20. The van der Waals surface area contributed by atoms with E-state index >= 15 is 0 Å². The summed E-state index contributed by atoms with van der Waals surface area (Å²) in [5.74, 6) is 0. The maximum Gasteiger partial charge on any atom is 0 e. The molecule has 0 rings (SSSR count). The number of hydrogen-bond acceptors (Lipinski definition) is 1. The molecule has 9 heavy (non-hydrogen) atoms. The maximum atomic E-state index is 5.03. The number of allylic oxidation sites excluding steroid dienone is 4. The third-order valence-corrected chi connectivity index (χ3v) is 0.586. The van der Waals surface area contributed by atoms with Gasteiger partial charge in [-0.25, -0.2) is 0 Å². The van der Waals surface area contributed by atoms with E-state index in [1.807, 2.05) is 0 Å². The van der Waals surface area contributed by atoms with Crippen LogP contribution in [-0.2, 0) is 32.7 Å². The SMILES string of the molecule is [CH-]=CC=[C-]C/C=C/N.[Y]. The van der Waals surface area contributed by atoms with Crippen molar-refractivity contribution in [2.45, 2.75) is 6.42 Å². The molecule has 0 bridgehead atoms. The van der Waals surface area contributed by atoms with Gasteiger partial charge in [0.2, 0.25) is 0 Å². The van der Waals surface area contributed by atoms with Crippen LogP contribution in [0, 0.1) is 12.7 Å². The van der Waals surface area contributed by atoms with Gasteiger partial charge < -0.3 is 30.5 Å². The molecule has 0 spiro atoms. The summed E-state index contributed by atoms with van der Waals surface area (Å²) in [6.45, 7) is 5.01. The Hall–Kier alpha value is 0.124. The monoisotopic (exact) mass is 196 g/mol. The normalized spacial score (nSPS) is 9.78. The van der Waals surface area contributed by atoms with Crippen LogP contribution in [0.25, 0.3) is 0 Å². The molecule has 0 fully saturated rings. The minimum absolute atomic E-state index is 0.